The van der Waals surface area contributed by atoms with Crippen molar-refractivity contribution in [1.82, 2.24) is 5.32 Å². The molecule has 0 aliphatic rings. The summed E-state index contributed by atoms with van der Waals surface area (Å²) in [5.74, 6) is 2.20. The first kappa shape index (κ1) is 23.7. The van der Waals surface area contributed by atoms with E-state index in [0.29, 0.717) is 34.7 Å². The number of benzene rings is 3. The van der Waals surface area contributed by atoms with Crippen LogP contribution in [0.4, 0.5) is 0 Å². The molecule has 3 rings (SSSR count). The van der Waals surface area contributed by atoms with Gasteiger partial charge < -0.3 is 19.5 Å². The van der Waals surface area contributed by atoms with E-state index < -0.39 is 0 Å². The highest BCUT2D eigenvalue weighted by atomic mass is 79.9. The fraction of sp³-hybridized carbons (Fsp3) is 0.250. The third-order valence-electron chi connectivity index (χ3n) is 4.78. The molecule has 0 amide bonds. The number of rotatable bonds is 10. The van der Waals surface area contributed by atoms with Crippen LogP contribution in [-0.2, 0) is 19.6 Å². The number of ether oxygens (including phenoxy) is 3. The molecular weight excluding hydrogens is 501 g/mol. The molecule has 0 fully saturated rings. The van der Waals surface area contributed by atoms with Crippen molar-refractivity contribution in [3.63, 3.8) is 0 Å². The van der Waals surface area contributed by atoms with Crippen molar-refractivity contribution in [3.8, 4) is 17.2 Å². The van der Waals surface area contributed by atoms with Gasteiger partial charge in [-0.3, -0.25) is 0 Å². The van der Waals surface area contributed by atoms with Crippen LogP contribution in [-0.4, -0.2) is 20.8 Å². The molecule has 3 aromatic rings. The second kappa shape index (κ2) is 11.6. The predicted molar refractivity (Wildman–Crippen MR) is 130 cm³/mol. The topological polar surface area (TPSA) is 39.7 Å². The van der Waals surface area contributed by atoms with Crippen LogP contribution >= 0.6 is 39.1 Å². The summed E-state index contributed by atoms with van der Waals surface area (Å²) < 4.78 is 17.6. The Labute approximate surface area is 201 Å². The molecule has 0 saturated carbocycles. The number of halogens is 3. The summed E-state index contributed by atoms with van der Waals surface area (Å²) in [6.07, 6.45) is 0.934. The van der Waals surface area contributed by atoms with Gasteiger partial charge in [-0.05, 0) is 66.1 Å². The van der Waals surface area contributed by atoms with E-state index in [9.17, 15) is 0 Å². The van der Waals surface area contributed by atoms with E-state index in [1.807, 2.05) is 30.3 Å². The van der Waals surface area contributed by atoms with Gasteiger partial charge in [-0.2, -0.15) is 0 Å². The highest BCUT2D eigenvalue weighted by Gasteiger charge is 2.11. The first-order valence-electron chi connectivity index (χ1n) is 9.77. The van der Waals surface area contributed by atoms with Gasteiger partial charge in [-0.1, -0.05) is 57.3 Å². The number of hydrogen-bond acceptors (Lipinski definition) is 4. The molecular formula is C24H24BrCl2NO3. The Morgan fingerprint density at radius 1 is 0.839 bits per heavy atom. The van der Waals surface area contributed by atoms with E-state index in [4.69, 9.17) is 37.4 Å². The van der Waals surface area contributed by atoms with Crippen molar-refractivity contribution in [1.29, 1.82) is 0 Å². The lowest BCUT2D eigenvalue weighted by Gasteiger charge is -2.15. The van der Waals surface area contributed by atoms with Crippen LogP contribution in [0, 0.1) is 0 Å². The molecule has 4 nitrogen and oxygen atoms in total. The molecule has 0 saturated heterocycles. The molecule has 0 bridgehead atoms. The summed E-state index contributed by atoms with van der Waals surface area (Å²) in [6, 6.07) is 17.5. The molecule has 164 valence electrons. The lowest BCUT2D eigenvalue weighted by Crippen LogP contribution is -2.17. The average molecular weight is 525 g/mol. The van der Waals surface area contributed by atoms with Crippen LogP contribution in [0.25, 0.3) is 0 Å². The van der Waals surface area contributed by atoms with E-state index in [2.05, 4.69) is 33.4 Å². The molecule has 3 aromatic carbocycles. The molecule has 7 heteroatoms. The molecule has 0 aromatic heterocycles. The van der Waals surface area contributed by atoms with Gasteiger partial charge in [0, 0.05) is 11.0 Å². The van der Waals surface area contributed by atoms with E-state index in [0.717, 1.165) is 34.3 Å². The lowest BCUT2D eigenvalue weighted by atomic mass is 10.1. The molecule has 0 atom stereocenters. The van der Waals surface area contributed by atoms with Gasteiger partial charge >= 0.3 is 0 Å². The first-order chi connectivity index (χ1) is 15.0. The van der Waals surface area contributed by atoms with Crippen molar-refractivity contribution >= 4 is 39.1 Å². The van der Waals surface area contributed by atoms with Gasteiger partial charge in [0.25, 0.3) is 0 Å². The van der Waals surface area contributed by atoms with Crippen LogP contribution in [0.1, 0.15) is 16.7 Å². The highest BCUT2D eigenvalue weighted by Crippen LogP contribution is 2.34. The van der Waals surface area contributed by atoms with Crippen molar-refractivity contribution in [2.75, 3.05) is 20.8 Å². The zero-order valence-electron chi connectivity index (χ0n) is 17.4. The molecule has 31 heavy (non-hydrogen) atoms. The smallest absolute Gasteiger partial charge is 0.162 e. The maximum Gasteiger partial charge on any atom is 0.162 e. The Morgan fingerprint density at radius 3 is 2.26 bits per heavy atom. The van der Waals surface area contributed by atoms with Crippen molar-refractivity contribution < 1.29 is 14.2 Å². The number of hydrogen-bond donors (Lipinski definition) is 1. The van der Waals surface area contributed by atoms with Crippen LogP contribution in [0.5, 0.6) is 17.2 Å². The van der Waals surface area contributed by atoms with Crippen LogP contribution in [0.3, 0.4) is 0 Å². The Hall–Kier alpha value is -1.92. The maximum atomic E-state index is 6.08. The quantitative estimate of drug-likeness (QED) is 0.300. The molecule has 0 heterocycles. The van der Waals surface area contributed by atoms with Crippen LogP contribution in [0.15, 0.2) is 59.1 Å². The minimum Gasteiger partial charge on any atom is -0.497 e. The molecule has 0 spiro atoms. The predicted octanol–water partition coefficient (Wildman–Crippen LogP) is 6.68. The summed E-state index contributed by atoms with van der Waals surface area (Å²) in [7, 11) is 3.31. The van der Waals surface area contributed by atoms with Gasteiger partial charge in [-0.25, -0.2) is 0 Å². The zero-order chi connectivity index (χ0) is 22.2. The summed E-state index contributed by atoms with van der Waals surface area (Å²) >= 11 is 15.7. The molecule has 0 aliphatic heterocycles. The second-order valence-electron chi connectivity index (χ2n) is 6.91. The summed E-state index contributed by atoms with van der Waals surface area (Å²) in [5, 5.41) is 4.50. The third-order valence-corrected chi connectivity index (χ3v) is 6.25. The summed E-state index contributed by atoms with van der Waals surface area (Å²) in [4.78, 5) is 0. The Balaban J connectivity index is 1.57. The molecule has 0 radical (unpaired) electrons. The minimum absolute atomic E-state index is 0.360. The molecule has 1 N–H and O–H groups in total. The Bertz CT molecular complexity index is 1010. The number of methoxy groups -OCH3 is 2. The van der Waals surface area contributed by atoms with E-state index in [-0.39, 0.29) is 0 Å². The van der Waals surface area contributed by atoms with Gasteiger partial charge in [-0.15, -0.1) is 0 Å². The van der Waals surface area contributed by atoms with Crippen molar-refractivity contribution in [2.45, 2.75) is 19.6 Å². The fourth-order valence-corrected chi connectivity index (χ4v) is 3.81. The van der Waals surface area contributed by atoms with Gasteiger partial charge in [0.15, 0.2) is 11.5 Å². The zero-order valence-corrected chi connectivity index (χ0v) is 20.5. The Morgan fingerprint density at radius 2 is 1.58 bits per heavy atom. The monoisotopic (exact) mass is 523 g/mol. The lowest BCUT2D eigenvalue weighted by molar-refractivity contribution is 0.284. The minimum atomic E-state index is 0.360. The average Bonchev–Trinajstić information content (AvgIpc) is 2.78. The standard InChI is InChI=1S/C24H24BrCl2NO3/c1-29-19-6-3-16(4-7-19)9-10-28-14-18-12-23(30-2)24(13-20(18)25)31-15-17-5-8-21(26)22(27)11-17/h3-8,11-13,28H,9-10,14-15H2,1-2H3. The Kier molecular flexibility index (Phi) is 8.90. The third kappa shape index (κ3) is 6.78. The largest absolute Gasteiger partial charge is 0.497 e. The normalized spacial score (nSPS) is 10.7. The van der Waals surface area contributed by atoms with E-state index in [1.54, 1.807) is 26.4 Å². The summed E-state index contributed by atoms with van der Waals surface area (Å²) in [6.45, 7) is 1.93. The van der Waals surface area contributed by atoms with Crippen molar-refractivity contribution in [2.24, 2.45) is 0 Å². The highest BCUT2D eigenvalue weighted by molar-refractivity contribution is 9.10. The SMILES string of the molecule is COc1ccc(CCNCc2cc(OC)c(OCc3ccc(Cl)c(Cl)c3)cc2Br)cc1. The molecule has 0 aliphatic carbocycles. The molecule has 0 unspecified atom stereocenters. The van der Waals surface area contributed by atoms with E-state index >= 15 is 0 Å². The van der Waals surface area contributed by atoms with Gasteiger partial charge in [0.1, 0.15) is 12.4 Å². The van der Waals surface area contributed by atoms with Gasteiger partial charge in [0.2, 0.25) is 0 Å². The van der Waals surface area contributed by atoms with Crippen LogP contribution in [0.2, 0.25) is 10.0 Å². The van der Waals surface area contributed by atoms with Crippen LogP contribution < -0.4 is 19.5 Å². The van der Waals surface area contributed by atoms with Crippen molar-refractivity contribution in [3.05, 3.63) is 85.8 Å². The fourth-order valence-electron chi connectivity index (χ4n) is 3.02. The van der Waals surface area contributed by atoms with Gasteiger partial charge in [0.05, 0.1) is 24.3 Å². The van der Waals surface area contributed by atoms with E-state index in [1.165, 1.54) is 5.56 Å². The summed E-state index contributed by atoms with van der Waals surface area (Å²) in [5.41, 5.74) is 3.28. The number of nitrogens with one attached hydrogen (secondary N) is 1. The maximum absolute atomic E-state index is 6.08. The second-order valence-corrected chi connectivity index (χ2v) is 8.58. The first-order valence-corrected chi connectivity index (χ1v) is 11.3.